The number of nitrogens with one attached hydrogen (secondary N) is 1. The third-order valence-corrected chi connectivity index (χ3v) is 5.11. The van der Waals surface area contributed by atoms with Crippen molar-refractivity contribution in [3.05, 3.63) is 29.6 Å². The molecule has 0 spiro atoms. The molecule has 1 aliphatic heterocycles. The number of hydrogen-bond donors (Lipinski definition) is 1. The van der Waals surface area contributed by atoms with Gasteiger partial charge in [0, 0.05) is 12.3 Å². The number of rotatable bonds is 3. The van der Waals surface area contributed by atoms with E-state index in [0.29, 0.717) is 11.7 Å². The number of hydrogen-bond acceptors (Lipinski definition) is 3. The van der Waals surface area contributed by atoms with Crippen LogP contribution in [0.4, 0.5) is 18.9 Å². The fourth-order valence-electron chi connectivity index (χ4n) is 2.04. The van der Waals surface area contributed by atoms with Gasteiger partial charge < -0.3 is 5.32 Å². The smallest absolute Gasteiger partial charge is 0.196 e. The molecule has 110 valence electrons. The van der Waals surface area contributed by atoms with Crippen molar-refractivity contribution in [1.29, 1.82) is 0 Å². The zero-order valence-corrected chi connectivity index (χ0v) is 12.3. The Bertz CT molecular complexity index is 527. The third kappa shape index (κ3) is 2.95. The van der Waals surface area contributed by atoms with E-state index < -0.39 is 17.5 Å². The summed E-state index contributed by atoms with van der Waals surface area (Å²) in [7, 11) is 0. The predicted octanol–water partition coefficient (Wildman–Crippen LogP) is 4.43. The molecule has 0 saturated carbocycles. The van der Waals surface area contributed by atoms with Gasteiger partial charge in [-0.25, -0.2) is 13.2 Å². The van der Waals surface area contributed by atoms with Crippen LogP contribution < -0.4 is 5.32 Å². The summed E-state index contributed by atoms with van der Waals surface area (Å²) < 4.78 is 39.6. The summed E-state index contributed by atoms with van der Waals surface area (Å²) in [5.74, 6) is -2.98. The molecule has 6 heteroatoms. The highest BCUT2D eigenvalue weighted by atomic mass is 32.2. The maximum Gasteiger partial charge on any atom is 0.196 e. The zero-order valence-electron chi connectivity index (χ0n) is 11.5. The van der Waals surface area contributed by atoms with Crippen LogP contribution >= 0.6 is 11.8 Å². The molecule has 0 saturated heterocycles. The van der Waals surface area contributed by atoms with Crippen LogP contribution in [0.2, 0.25) is 0 Å². The average molecular weight is 302 g/mol. The SMILES string of the molecule is CCC1(CC)CN=C(Nc2ccc(F)c(F)c2F)SC1. The summed E-state index contributed by atoms with van der Waals surface area (Å²) in [6.45, 7) is 4.93. The van der Waals surface area contributed by atoms with Crippen LogP contribution in [-0.2, 0) is 0 Å². The summed E-state index contributed by atoms with van der Waals surface area (Å²) in [4.78, 5) is 4.40. The molecular formula is C14H17F3N2S. The molecule has 1 N–H and O–H groups in total. The molecule has 20 heavy (non-hydrogen) atoms. The van der Waals surface area contributed by atoms with E-state index in [1.807, 2.05) is 0 Å². The lowest BCUT2D eigenvalue weighted by Crippen LogP contribution is -2.32. The number of aliphatic imine (C=N–C) groups is 1. The zero-order chi connectivity index (χ0) is 14.8. The molecule has 0 aliphatic carbocycles. The van der Waals surface area contributed by atoms with Gasteiger partial charge in [-0.05, 0) is 30.4 Å². The Balaban J connectivity index is 2.13. The number of benzene rings is 1. The van der Waals surface area contributed by atoms with Crippen LogP contribution in [0.1, 0.15) is 26.7 Å². The first-order chi connectivity index (χ1) is 9.51. The van der Waals surface area contributed by atoms with E-state index in [9.17, 15) is 13.2 Å². The molecule has 0 aromatic heterocycles. The average Bonchev–Trinajstić information content (AvgIpc) is 2.49. The second-order valence-corrected chi connectivity index (χ2v) is 5.93. The number of halogens is 3. The third-order valence-electron chi connectivity index (χ3n) is 3.85. The molecule has 0 amide bonds. The van der Waals surface area contributed by atoms with Crippen molar-refractivity contribution in [2.75, 3.05) is 17.6 Å². The number of anilines is 1. The van der Waals surface area contributed by atoms with E-state index in [2.05, 4.69) is 24.2 Å². The molecular weight excluding hydrogens is 285 g/mol. The van der Waals surface area contributed by atoms with Gasteiger partial charge in [0.25, 0.3) is 0 Å². The summed E-state index contributed by atoms with van der Waals surface area (Å²) in [6.07, 6.45) is 2.07. The normalized spacial score (nSPS) is 17.8. The quantitative estimate of drug-likeness (QED) is 0.836. The summed E-state index contributed by atoms with van der Waals surface area (Å²) in [5.41, 5.74) is 0.0956. The monoisotopic (exact) mass is 302 g/mol. The fraction of sp³-hybridized carbons (Fsp3) is 0.500. The highest BCUT2D eigenvalue weighted by molar-refractivity contribution is 8.14. The highest BCUT2D eigenvalue weighted by Crippen LogP contribution is 2.35. The van der Waals surface area contributed by atoms with Crippen LogP contribution in [0.15, 0.2) is 17.1 Å². The van der Waals surface area contributed by atoms with E-state index in [1.54, 1.807) is 0 Å². The van der Waals surface area contributed by atoms with Crippen LogP contribution in [0.3, 0.4) is 0 Å². The summed E-state index contributed by atoms with van der Waals surface area (Å²) in [6, 6.07) is 2.08. The first kappa shape index (κ1) is 15.2. The minimum atomic E-state index is -1.46. The van der Waals surface area contributed by atoms with E-state index >= 15 is 0 Å². The molecule has 0 fully saturated rings. The van der Waals surface area contributed by atoms with Crippen molar-refractivity contribution >= 4 is 22.6 Å². The van der Waals surface area contributed by atoms with Crippen molar-refractivity contribution in [3.63, 3.8) is 0 Å². The molecule has 0 unspecified atom stereocenters. The summed E-state index contributed by atoms with van der Waals surface area (Å²) in [5, 5.41) is 3.28. The van der Waals surface area contributed by atoms with Gasteiger partial charge in [0.1, 0.15) is 0 Å². The molecule has 1 aliphatic rings. The molecule has 0 atom stereocenters. The molecule has 1 aromatic rings. The van der Waals surface area contributed by atoms with Crippen molar-refractivity contribution in [3.8, 4) is 0 Å². The van der Waals surface area contributed by atoms with Crippen molar-refractivity contribution in [2.45, 2.75) is 26.7 Å². The maximum atomic E-state index is 13.6. The Morgan fingerprint density at radius 1 is 1.20 bits per heavy atom. The largest absolute Gasteiger partial charge is 0.333 e. The van der Waals surface area contributed by atoms with Crippen molar-refractivity contribution < 1.29 is 13.2 Å². The second kappa shape index (κ2) is 6.08. The van der Waals surface area contributed by atoms with E-state index in [1.165, 1.54) is 17.8 Å². The molecule has 0 bridgehead atoms. The standard InChI is InChI=1S/C14H17F3N2S/c1-3-14(4-2)7-18-13(20-8-14)19-10-6-5-9(15)11(16)12(10)17/h5-6H,3-4,7-8H2,1-2H3,(H,18,19). The van der Waals surface area contributed by atoms with Crippen LogP contribution in [-0.4, -0.2) is 17.5 Å². The lowest BCUT2D eigenvalue weighted by Gasteiger charge is -2.33. The molecule has 2 nitrogen and oxygen atoms in total. The Hall–Kier alpha value is -1.17. The molecule has 0 radical (unpaired) electrons. The topological polar surface area (TPSA) is 24.4 Å². The first-order valence-electron chi connectivity index (χ1n) is 6.59. The minimum absolute atomic E-state index is 0.0874. The van der Waals surface area contributed by atoms with Crippen LogP contribution in [0.25, 0.3) is 0 Å². The van der Waals surface area contributed by atoms with Crippen molar-refractivity contribution in [1.82, 2.24) is 0 Å². The Morgan fingerprint density at radius 2 is 1.90 bits per heavy atom. The Labute approximate surface area is 120 Å². The number of thioether (sulfide) groups is 1. The van der Waals surface area contributed by atoms with Crippen LogP contribution in [0, 0.1) is 22.9 Å². The fourth-order valence-corrected chi connectivity index (χ4v) is 3.32. The van der Waals surface area contributed by atoms with Gasteiger partial charge in [-0.1, -0.05) is 25.6 Å². The van der Waals surface area contributed by atoms with Gasteiger partial charge >= 0.3 is 0 Å². The van der Waals surface area contributed by atoms with E-state index in [-0.39, 0.29) is 11.1 Å². The maximum absolute atomic E-state index is 13.6. The molecule has 2 rings (SSSR count). The predicted molar refractivity (Wildman–Crippen MR) is 77.7 cm³/mol. The van der Waals surface area contributed by atoms with Gasteiger partial charge in [0.05, 0.1) is 5.69 Å². The van der Waals surface area contributed by atoms with E-state index in [4.69, 9.17) is 0 Å². The van der Waals surface area contributed by atoms with Crippen LogP contribution in [0.5, 0.6) is 0 Å². The highest BCUT2D eigenvalue weighted by Gasteiger charge is 2.30. The van der Waals surface area contributed by atoms with Gasteiger partial charge in [0.2, 0.25) is 0 Å². The Morgan fingerprint density at radius 3 is 2.45 bits per heavy atom. The van der Waals surface area contributed by atoms with E-state index in [0.717, 1.165) is 24.7 Å². The lowest BCUT2D eigenvalue weighted by molar-refractivity contribution is 0.318. The molecule has 1 heterocycles. The minimum Gasteiger partial charge on any atom is -0.333 e. The van der Waals surface area contributed by atoms with Gasteiger partial charge in [-0.15, -0.1) is 0 Å². The molecule has 1 aromatic carbocycles. The van der Waals surface area contributed by atoms with Gasteiger partial charge in [-0.3, -0.25) is 4.99 Å². The lowest BCUT2D eigenvalue weighted by atomic mass is 9.84. The Kier molecular flexibility index (Phi) is 4.62. The van der Waals surface area contributed by atoms with Crippen molar-refractivity contribution in [2.24, 2.45) is 10.4 Å². The first-order valence-corrected chi connectivity index (χ1v) is 7.57. The number of nitrogens with zero attached hydrogens (tertiary/aromatic N) is 1. The van der Waals surface area contributed by atoms with Gasteiger partial charge in [-0.2, -0.15) is 0 Å². The second-order valence-electron chi connectivity index (χ2n) is 4.97. The van der Waals surface area contributed by atoms with Gasteiger partial charge in [0.15, 0.2) is 22.6 Å². The summed E-state index contributed by atoms with van der Waals surface area (Å²) >= 11 is 1.49. The number of amidine groups is 1.